The highest BCUT2D eigenvalue weighted by molar-refractivity contribution is 8.00. The largest absolute Gasteiger partial charge is 0.345 e. The molecule has 3 aliphatic rings. The first-order chi connectivity index (χ1) is 14.1. The monoisotopic (exact) mass is 419 g/mol. The number of hydrogen-bond donors (Lipinski definition) is 1. The first-order valence-corrected chi connectivity index (χ1v) is 11.5. The number of rotatable bonds is 5. The zero-order valence-corrected chi connectivity index (χ0v) is 17.7. The molecular formula is C20H29N5O3S. The number of carbonyl (C=O) groups excluding carboxylic acids is 2. The van der Waals surface area contributed by atoms with Crippen LogP contribution in [0.2, 0.25) is 0 Å². The SMILES string of the molecule is CCN1CCN(C(=O)CNC(=O)Cn2cnc3c(c2=O)C2CCCCC2S3)CC1. The third-order valence-electron chi connectivity index (χ3n) is 6.30. The smallest absolute Gasteiger partial charge is 0.258 e. The van der Waals surface area contributed by atoms with Crippen molar-refractivity contribution in [1.29, 1.82) is 0 Å². The van der Waals surface area contributed by atoms with Crippen molar-refractivity contribution in [1.82, 2.24) is 24.7 Å². The number of nitrogens with one attached hydrogen (secondary N) is 1. The van der Waals surface area contributed by atoms with Gasteiger partial charge in [-0.25, -0.2) is 4.98 Å². The minimum absolute atomic E-state index is 0.0291. The number of amides is 2. The lowest BCUT2D eigenvalue weighted by Gasteiger charge is -2.34. The maximum atomic E-state index is 12.9. The molecule has 158 valence electrons. The van der Waals surface area contributed by atoms with Crippen LogP contribution >= 0.6 is 11.8 Å². The predicted octanol–water partition coefficient (Wildman–Crippen LogP) is 0.656. The Morgan fingerprint density at radius 2 is 1.97 bits per heavy atom. The fraction of sp³-hybridized carbons (Fsp3) is 0.700. The van der Waals surface area contributed by atoms with Gasteiger partial charge >= 0.3 is 0 Å². The Bertz CT molecular complexity index is 834. The fourth-order valence-electron chi connectivity index (χ4n) is 4.54. The van der Waals surface area contributed by atoms with Crippen molar-refractivity contribution in [3.05, 3.63) is 22.2 Å². The summed E-state index contributed by atoms with van der Waals surface area (Å²) in [5.74, 6) is -0.141. The summed E-state index contributed by atoms with van der Waals surface area (Å²) in [7, 11) is 0. The molecule has 0 spiro atoms. The molecule has 2 unspecified atom stereocenters. The van der Waals surface area contributed by atoms with Gasteiger partial charge in [0.15, 0.2) is 0 Å². The van der Waals surface area contributed by atoms with Gasteiger partial charge in [-0.3, -0.25) is 19.0 Å². The summed E-state index contributed by atoms with van der Waals surface area (Å²) in [4.78, 5) is 46.2. The fourth-order valence-corrected chi connectivity index (χ4v) is 6.02. The summed E-state index contributed by atoms with van der Waals surface area (Å²) in [6, 6.07) is 0. The molecule has 1 saturated carbocycles. The molecule has 2 fully saturated rings. The molecule has 2 atom stereocenters. The van der Waals surface area contributed by atoms with Crippen LogP contribution in [0.5, 0.6) is 0 Å². The zero-order chi connectivity index (χ0) is 20.4. The highest BCUT2D eigenvalue weighted by Crippen LogP contribution is 2.49. The lowest BCUT2D eigenvalue weighted by atomic mass is 9.85. The highest BCUT2D eigenvalue weighted by atomic mass is 32.2. The second-order valence-electron chi connectivity index (χ2n) is 8.04. The van der Waals surface area contributed by atoms with Crippen molar-refractivity contribution in [3.63, 3.8) is 0 Å². The summed E-state index contributed by atoms with van der Waals surface area (Å²) >= 11 is 1.71. The Morgan fingerprint density at radius 1 is 1.21 bits per heavy atom. The lowest BCUT2D eigenvalue weighted by Crippen LogP contribution is -2.51. The first kappa shape index (κ1) is 20.4. The van der Waals surface area contributed by atoms with Gasteiger partial charge in [0.05, 0.1) is 18.4 Å². The summed E-state index contributed by atoms with van der Waals surface area (Å²) < 4.78 is 1.39. The van der Waals surface area contributed by atoms with E-state index in [1.165, 1.54) is 17.3 Å². The van der Waals surface area contributed by atoms with Crippen LogP contribution in [0.1, 0.15) is 44.1 Å². The molecule has 1 aromatic rings. The van der Waals surface area contributed by atoms with E-state index in [9.17, 15) is 14.4 Å². The zero-order valence-electron chi connectivity index (χ0n) is 16.9. The van der Waals surface area contributed by atoms with Crippen LogP contribution in [0.25, 0.3) is 0 Å². The Kier molecular flexibility index (Phi) is 6.24. The molecule has 4 rings (SSSR count). The summed E-state index contributed by atoms with van der Waals surface area (Å²) in [5, 5.41) is 3.96. The van der Waals surface area contributed by atoms with Gasteiger partial charge in [-0.2, -0.15) is 0 Å². The van der Waals surface area contributed by atoms with Crippen LogP contribution in [-0.4, -0.2) is 75.7 Å². The van der Waals surface area contributed by atoms with Crippen LogP contribution in [0, 0.1) is 0 Å². The number of nitrogens with zero attached hydrogens (tertiary/aromatic N) is 4. The van der Waals surface area contributed by atoms with Crippen molar-refractivity contribution in [2.45, 2.75) is 55.3 Å². The topological polar surface area (TPSA) is 87.5 Å². The van der Waals surface area contributed by atoms with Gasteiger partial charge in [0.25, 0.3) is 5.56 Å². The van der Waals surface area contributed by atoms with E-state index in [2.05, 4.69) is 22.1 Å². The minimum atomic E-state index is -0.333. The Labute approximate surface area is 175 Å². The Balaban J connectivity index is 1.33. The minimum Gasteiger partial charge on any atom is -0.345 e. The Hall–Kier alpha value is -1.87. The summed E-state index contributed by atoms with van der Waals surface area (Å²) in [6.07, 6.45) is 5.97. The van der Waals surface area contributed by atoms with Gasteiger partial charge in [-0.1, -0.05) is 19.8 Å². The maximum Gasteiger partial charge on any atom is 0.258 e. The third kappa shape index (κ3) is 4.35. The molecule has 9 heteroatoms. The van der Waals surface area contributed by atoms with E-state index < -0.39 is 0 Å². The van der Waals surface area contributed by atoms with Gasteiger partial charge in [0, 0.05) is 37.3 Å². The van der Waals surface area contributed by atoms with E-state index in [1.807, 2.05) is 0 Å². The average molecular weight is 420 g/mol. The van der Waals surface area contributed by atoms with Gasteiger partial charge < -0.3 is 15.1 Å². The molecule has 0 radical (unpaired) electrons. The molecule has 1 N–H and O–H groups in total. The molecule has 8 nitrogen and oxygen atoms in total. The van der Waals surface area contributed by atoms with Crippen LogP contribution in [0.15, 0.2) is 16.1 Å². The van der Waals surface area contributed by atoms with E-state index in [1.54, 1.807) is 16.7 Å². The summed E-state index contributed by atoms with van der Waals surface area (Å²) in [6.45, 7) is 6.09. The van der Waals surface area contributed by atoms with Crippen LogP contribution in [0.4, 0.5) is 0 Å². The van der Waals surface area contributed by atoms with Crippen LogP contribution < -0.4 is 10.9 Å². The van der Waals surface area contributed by atoms with Crippen molar-refractivity contribution >= 4 is 23.6 Å². The van der Waals surface area contributed by atoms with Gasteiger partial charge in [0.1, 0.15) is 11.6 Å². The number of aromatic nitrogens is 2. The average Bonchev–Trinajstić information content (AvgIpc) is 3.13. The predicted molar refractivity (Wildman–Crippen MR) is 111 cm³/mol. The van der Waals surface area contributed by atoms with Crippen LogP contribution in [-0.2, 0) is 16.1 Å². The van der Waals surface area contributed by atoms with Crippen molar-refractivity contribution in [2.75, 3.05) is 39.3 Å². The molecule has 0 bridgehead atoms. The second kappa shape index (κ2) is 8.87. The number of likely N-dealkylation sites (N-methyl/N-ethyl adjacent to an activating group) is 1. The van der Waals surface area contributed by atoms with Crippen molar-refractivity contribution in [3.8, 4) is 0 Å². The second-order valence-corrected chi connectivity index (χ2v) is 9.26. The molecule has 3 heterocycles. The molecule has 29 heavy (non-hydrogen) atoms. The van der Waals surface area contributed by atoms with Gasteiger partial charge in [-0.15, -0.1) is 11.8 Å². The molecule has 2 amide bonds. The molecule has 1 saturated heterocycles. The normalized spacial score (nSPS) is 24.1. The number of thioether (sulfide) groups is 1. The Morgan fingerprint density at radius 3 is 2.72 bits per heavy atom. The number of piperazine rings is 1. The van der Waals surface area contributed by atoms with Gasteiger partial charge in [-0.05, 0) is 19.4 Å². The number of fused-ring (bicyclic) bond motifs is 3. The van der Waals surface area contributed by atoms with E-state index in [4.69, 9.17) is 0 Å². The standard InChI is InChI=1S/C20H29N5O3S/c1-2-23-7-9-24(10-8-23)17(27)11-21-16(26)12-25-13-22-19-18(20(25)28)14-5-3-4-6-15(14)29-19/h13-15H,2-12H2,1H3,(H,21,26). The molecular weight excluding hydrogens is 390 g/mol. The first-order valence-electron chi connectivity index (χ1n) is 10.6. The lowest BCUT2D eigenvalue weighted by molar-refractivity contribution is -0.134. The summed E-state index contributed by atoms with van der Waals surface area (Å²) in [5.41, 5.74) is 0.689. The number of carbonyl (C=O) groups is 2. The highest BCUT2D eigenvalue weighted by Gasteiger charge is 2.38. The van der Waals surface area contributed by atoms with E-state index in [-0.39, 0.29) is 36.4 Å². The molecule has 1 aromatic heterocycles. The van der Waals surface area contributed by atoms with E-state index in [0.29, 0.717) is 18.3 Å². The van der Waals surface area contributed by atoms with E-state index in [0.717, 1.165) is 49.5 Å². The third-order valence-corrected chi connectivity index (χ3v) is 7.71. The molecule has 0 aromatic carbocycles. The molecule has 1 aliphatic carbocycles. The van der Waals surface area contributed by atoms with Crippen molar-refractivity contribution < 1.29 is 9.59 Å². The maximum absolute atomic E-state index is 12.9. The van der Waals surface area contributed by atoms with E-state index >= 15 is 0 Å². The van der Waals surface area contributed by atoms with Crippen molar-refractivity contribution in [2.24, 2.45) is 0 Å². The number of hydrogen-bond acceptors (Lipinski definition) is 6. The van der Waals surface area contributed by atoms with Crippen LogP contribution in [0.3, 0.4) is 0 Å². The molecule has 2 aliphatic heterocycles. The quantitative estimate of drug-likeness (QED) is 0.706. The van der Waals surface area contributed by atoms with Gasteiger partial charge in [0.2, 0.25) is 11.8 Å².